The molecule has 0 fully saturated rings. The first kappa shape index (κ1) is 20.2. The summed E-state index contributed by atoms with van der Waals surface area (Å²) in [5.41, 5.74) is 3.56. The van der Waals surface area contributed by atoms with Crippen LogP contribution >= 0.6 is 11.8 Å². The maximum absolute atomic E-state index is 13.2. The Morgan fingerprint density at radius 1 is 1.10 bits per heavy atom. The summed E-state index contributed by atoms with van der Waals surface area (Å²) < 4.78 is 0. The third kappa shape index (κ3) is 3.85. The molecule has 0 saturated heterocycles. The molecule has 0 atom stereocenters. The van der Waals surface area contributed by atoms with Gasteiger partial charge in [-0.15, -0.1) is 0 Å². The third-order valence-electron chi connectivity index (χ3n) is 5.27. The molecule has 0 radical (unpaired) electrons. The van der Waals surface area contributed by atoms with Gasteiger partial charge in [-0.25, -0.2) is 4.98 Å². The lowest BCUT2D eigenvalue weighted by molar-refractivity contribution is -0.125. The van der Waals surface area contributed by atoms with Crippen molar-refractivity contribution in [1.29, 1.82) is 0 Å². The third-order valence-corrected chi connectivity index (χ3v) is 6.13. The molecule has 0 unspecified atom stereocenters. The summed E-state index contributed by atoms with van der Waals surface area (Å²) in [6.07, 6.45) is 0.740. The highest BCUT2D eigenvalue weighted by Crippen LogP contribution is 2.37. The number of benzene rings is 2. The van der Waals surface area contributed by atoms with E-state index in [4.69, 9.17) is 0 Å². The average molecular weight is 421 g/mol. The number of hydrogen-bond donors (Lipinski definition) is 2. The van der Waals surface area contributed by atoms with Crippen LogP contribution in [0.4, 0.5) is 11.4 Å². The van der Waals surface area contributed by atoms with Crippen LogP contribution in [0.5, 0.6) is 0 Å². The normalized spacial score (nSPS) is 14.9. The largest absolute Gasteiger partial charge is 0.337 e. The minimum absolute atomic E-state index is 0.133. The van der Waals surface area contributed by atoms with Crippen molar-refractivity contribution in [3.05, 3.63) is 71.5 Å². The lowest BCUT2D eigenvalue weighted by Crippen LogP contribution is -2.58. The molecule has 6 nitrogen and oxygen atoms in total. The molecular formula is C23H24N4O2S. The van der Waals surface area contributed by atoms with Crippen molar-refractivity contribution in [2.45, 2.75) is 37.9 Å². The van der Waals surface area contributed by atoms with Gasteiger partial charge >= 0.3 is 0 Å². The Morgan fingerprint density at radius 3 is 2.57 bits per heavy atom. The highest BCUT2D eigenvalue weighted by atomic mass is 32.2. The van der Waals surface area contributed by atoms with E-state index in [2.05, 4.69) is 27.4 Å². The summed E-state index contributed by atoms with van der Waals surface area (Å²) in [5, 5.41) is 3.59. The standard InChI is InChI=1S/C23H24N4O2S/c1-15-18(13-16-9-5-4-6-10-16)26-22(24-15)30-14-20(28)27-19-12-8-7-11-17(19)25-21(29)23(27,2)3/h4-12H,13-14H2,1-3H3,(H,24,26)(H,25,29). The summed E-state index contributed by atoms with van der Waals surface area (Å²) in [7, 11) is 0. The van der Waals surface area contributed by atoms with E-state index in [-0.39, 0.29) is 17.6 Å². The van der Waals surface area contributed by atoms with Gasteiger partial charge < -0.3 is 10.3 Å². The second-order valence-corrected chi connectivity index (χ2v) is 8.79. The molecule has 0 saturated carbocycles. The highest BCUT2D eigenvalue weighted by molar-refractivity contribution is 7.99. The number of thioether (sulfide) groups is 1. The average Bonchev–Trinajstić information content (AvgIpc) is 3.07. The van der Waals surface area contributed by atoms with Crippen molar-refractivity contribution < 1.29 is 9.59 Å². The summed E-state index contributed by atoms with van der Waals surface area (Å²) in [4.78, 5) is 35.3. The molecular weight excluding hydrogens is 396 g/mol. The molecule has 2 N–H and O–H groups in total. The van der Waals surface area contributed by atoms with Gasteiger partial charge in [0.1, 0.15) is 5.54 Å². The topological polar surface area (TPSA) is 78.1 Å². The van der Waals surface area contributed by atoms with E-state index in [1.165, 1.54) is 17.3 Å². The second kappa shape index (κ2) is 7.99. The number of amides is 2. The van der Waals surface area contributed by atoms with Crippen molar-refractivity contribution in [2.75, 3.05) is 16.0 Å². The number of anilines is 2. The zero-order valence-electron chi connectivity index (χ0n) is 17.2. The van der Waals surface area contributed by atoms with Gasteiger partial charge in [0.05, 0.1) is 22.8 Å². The lowest BCUT2D eigenvalue weighted by atomic mass is 9.96. The van der Waals surface area contributed by atoms with Gasteiger partial charge in [0.25, 0.3) is 0 Å². The first-order valence-corrected chi connectivity index (χ1v) is 10.8. The number of nitrogens with one attached hydrogen (secondary N) is 2. The maximum atomic E-state index is 13.2. The van der Waals surface area contributed by atoms with Crippen LogP contribution < -0.4 is 10.2 Å². The molecule has 4 rings (SSSR count). The Kier molecular flexibility index (Phi) is 5.39. The van der Waals surface area contributed by atoms with Gasteiger partial charge in [-0.1, -0.05) is 54.2 Å². The Labute approximate surface area is 180 Å². The fourth-order valence-electron chi connectivity index (χ4n) is 3.59. The van der Waals surface area contributed by atoms with Crippen LogP contribution in [0.3, 0.4) is 0 Å². The molecule has 1 aliphatic rings. The van der Waals surface area contributed by atoms with E-state index in [0.29, 0.717) is 16.5 Å². The van der Waals surface area contributed by atoms with Crippen LogP contribution in [0.1, 0.15) is 30.8 Å². The van der Waals surface area contributed by atoms with Gasteiger partial charge in [0.2, 0.25) is 11.8 Å². The molecule has 0 spiro atoms. The van der Waals surface area contributed by atoms with E-state index in [1.54, 1.807) is 18.7 Å². The molecule has 0 bridgehead atoms. The molecule has 7 heteroatoms. The highest BCUT2D eigenvalue weighted by Gasteiger charge is 2.43. The van der Waals surface area contributed by atoms with Gasteiger partial charge in [-0.2, -0.15) is 0 Å². The predicted octanol–water partition coefficient (Wildman–Crippen LogP) is 4.16. The van der Waals surface area contributed by atoms with Gasteiger partial charge in [-0.05, 0) is 38.5 Å². The van der Waals surface area contributed by atoms with Crippen molar-refractivity contribution >= 4 is 35.0 Å². The zero-order chi connectivity index (χ0) is 21.3. The maximum Gasteiger partial charge on any atom is 0.250 e. The van der Waals surface area contributed by atoms with Gasteiger partial charge in [-0.3, -0.25) is 14.5 Å². The van der Waals surface area contributed by atoms with Gasteiger partial charge in [0.15, 0.2) is 5.16 Å². The number of imidazole rings is 1. The number of para-hydroxylation sites is 2. The van der Waals surface area contributed by atoms with Crippen LogP contribution in [0.2, 0.25) is 0 Å². The number of aryl methyl sites for hydroxylation is 1. The molecule has 2 amide bonds. The summed E-state index contributed by atoms with van der Waals surface area (Å²) in [6, 6.07) is 17.5. The Morgan fingerprint density at radius 2 is 1.80 bits per heavy atom. The smallest absolute Gasteiger partial charge is 0.250 e. The van der Waals surface area contributed by atoms with Crippen molar-refractivity contribution in [3.63, 3.8) is 0 Å². The number of aromatic nitrogens is 2. The van der Waals surface area contributed by atoms with E-state index < -0.39 is 5.54 Å². The molecule has 2 heterocycles. The number of carbonyl (C=O) groups is 2. The van der Waals surface area contributed by atoms with Crippen LogP contribution in [0, 0.1) is 6.92 Å². The van der Waals surface area contributed by atoms with Crippen molar-refractivity contribution in [1.82, 2.24) is 9.97 Å². The number of fused-ring (bicyclic) bond motifs is 1. The van der Waals surface area contributed by atoms with Crippen molar-refractivity contribution in [3.8, 4) is 0 Å². The number of carbonyl (C=O) groups excluding carboxylic acids is 2. The van der Waals surface area contributed by atoms with Crippen LogP contribution in [-0.4, -0.2) is 33.1 Å². The first-order chi connectivity index (χ1) is 14.4. The number of H-pyrrole nitrogens is 1. The van der Waals surface area contributed by atoms with Crippen LogP contribution in [-0.2, 0) is 16.0 Å². The Bertz CT molecular complexity index is 1090. The number of rotatable bonds is 5. The lowest BCUT2D eigenvalue weighted by Gasteiger charge is -2.42. The van der Waals surface area contributed by atoms with E-state index >= 15 is 0 Å². The molecule has 1 aromatic heterocycles. The van der Waals surface area contributed by atoms with Crippen LogP contribution in [0.25, 0.3) is 0 Å². The number of aromatic amines is 1. The monoisotopic (exact) mass is 420 g/mol. The molecule has 0 aliphatic carbocycles. The van der Waals surface area contributed by atoms with E-state index in [9.17, 15) is 9.59 Å². The second-order valence-electron chi connectivity index (χ2n) is 7.82. The molecule has 3 aromatic rings. The minimum atomic E-state index is -0.969. The van der Waals surface area contributed by atoms with Gasteiger partial charge in [0, 0.05) is 12.1 Å². The zero-order valence-corrected chi connectivity index (χ0v) is 18.0. The quantitative estimate of drug-likeness (QED) is 0.608. The predicted molar refractivity (Wildman–Crippen MR) is 120 cm³/mol. The summed E-state index contributed by atoms with van der Waals surface area (Å²) in [6.45, 7) is 5.51. The fraction of sp³-hybridized carbons (Fsp3) is 0.261. The summed E-state index contributed by atoms with van der Waals surface area (Å²) >= 11 is 1.35. The SMILES string of the molecule is Cc1[nH]c(SCC(=O)N2c3ccccc3NC(=O)C2(C)C)nc1Cc1ccccc1. The van der Waals surface area contributed by atoms with E-state index in [0.717, 1.165) is 17.8 Å². The van der Waals surface area contributed by atoms with E-state index in [1.807, 2.05) is 49.4 Å². The number of hydrogen-bond acceptors (Lipinski definition) is 4. The Hall–Kier alpha value is -3.06. The molecule has 2 aromatic carbocycles. The number of nitrogens with zero attached hydrogens (tertiary/aromatic N) is 2. The molecule has 154 valence electrons. The molecule has 30 heavy (non-hydrogen) atoms. The fourth-order valence-corrected chi connectivity index (χ4v) is 4.38. The minimum Gasteiger partial charge on any atom is -0.337 e. The van der Waals surface area contributed by atoms with Crippen molar-refractivity contribution in [2.24, 2.45) is 0 Å². The molecule has 1 aliphatic heterocycles. The first-order valence-electron chi connectivity index (χ1n) is 9.82. The van der Waals surface area contributed by atoms with Crippen LogP contribution in [0.15, 0.2) is 59.8 Å². The summed E-state index contributed by atoms with van der Waals surface area (Å²) in [5.74, 6) is -0.146. The Balaban J connectivity index is 1.50.